The van der Waals surface area contributed by atoms with E-state index in [4.69, 9.17) is 0 Å². The molecule has 7 nitrogen and oxygen atoms in total. The van der Waals surface area contributed by atoms with Crippen LogP contribution in [0.5, 0.6) is 0 Å². The van der Waals surface area contributed by atoms with E-state index in [-0.39, 0.29) is 17.3 Å². The summed E-state index contributed by atoms with van der Waals surface area (Å²) in [6, 6.07) is 6.55. The van der Waals surface area contributed by atoms with Crippen molar-refractivity contribution in [3.8, 4) is 6.07 Å². The summed E-state index contributed by atoms with van der Waals surface area (Å²) in [5, 5.41) is 12.0. The van der Waals surface area contributed by atoms with Crippen LogP contribution in [0.1, 0.15) is 33.0 Å². The Kier molecular flexibility index (Phi) is 3.96. The molecule has 1 unspecified atom stereocenters. The van der Waals surface area contributed by atoms with Gasteiger partial charge < -0.3 is 9.88 Å². The van der Waals surface area contributed by atoms with Crippen molar-refractivity contribution in [1.29, 1.82) is 5.26 Å². The Hall–Kier alpha value is -3.27. The molecule has 0 aliphatic carbocycles. The molecule has 0 bridgehead atoms. The molecule has 0 saturated carbocycles. The molecule has 1 N–H and O–H groups in total. The lowest BCUT2D eigenvalue weighted by molar-refractivity contribution is -0.116. The maximum atomic E-state index is 12.6. The minimum Gasteiger partial charge on any atom is -0.332 e. The van der Waals surface area contributed by atoms with Crippen LogP contribution < -0.4 is 5.32 Å². The molecule has 0 radical (unpaired) electrons. The number of carbonyl (C=O) groups excluding carboxylic acids is 3. The lowest BCUT2D eigenvalue weighted by Gasteiger charge is -2.17. The number of hydrogen-bond donors (Lipinski definition) is 1. The van der Waals surface area contributed by atoms with Gasteiger partial charge in [-0.15, -0.1) is 0 Å². The minimum atomic E-state index is -1.44. The summed E-state index contributed by atoms with van der Waals surface area (Å²) < 4.78 is 1.47. The van der Waals surface area contributed by atoms with Gasteiger partial charge in [0.1, 0.15) is 0 Å². The van der Waals surface area contributed by atoms with E-state index in [1.807, 2.05) is 0 Å². The number of fused-ring (bicyclic) bond motifs is 1. The van der Waals surface area contributed by atoms with Gasteiger partial charge in [0, 0.05) is 37.1 Å². The molecule has 1 aliphatic heterocycles. The largest absolute Gasteiger partial charge is 0.332 e. The zero-order valence-electron chi connectivity index (χ0n) is 12.9. The number of ketones is 2. The maximum absolute atomic E-state index is 12.6. The summed E-state index contributed by atoms with van der Waals surface area (Å²) in [6.07, 6.45) is 3.88. The lowest BCUT2D eigenvalue weighted by Crippen LogP contribution is -2.26. The van der Waals surface area contributed by atoms with Crippen LogP contribution in [0.15, 0.2) is 30.6 Å². The fraction of sp³-hybridized carbons (Fsp3) is 0.235. The van der Waals surface area contributed by atoms with Crippen molar-refractivity contribution in [2.24, 2.45) is 13.0 Å². The molecule has 1 aromatic heterocycles. The highest BCUT2D eigenvalue weighted by atomic mass is 16.2. The highest BCUT2D eigenvalue weighted by Crippen LogP contribution is 2.25. The summed E-state index contributed by atoms with van der Waals surface area (Å²) in [5.41, 5.74) is 1.76. The molecule has 0 spiro atoms. The Labute approximate surface area is 137 Å². The van der Waals surface area contributed by atoms with Crippen LogP contribution in [0.3, 0.4) is 0 Å². The molecular weight excluding hydrogens is 308 g/mol. The zero-order valence-corrected chi connectivity index (χ0v) is 12.9. The molecule has 1 atom stereocenters. The lowest BCUT2D eigenvalue weighted by atomic mass is 9.91. The van der Waals surface area contributed by atoms with Gasteiger partial charge in [-0.2, -0.15) is 5.26 Å². The second kappa shape index (κ2) is 6.08. The molecule has 2 heterocycles. The van der Waals surface area contributed by atoms with Gasteiger partial charge in [-0.3, -0.25) is 14.4 Å². The van der Waals surface area contributed by atoms with Crippen molar-refractivity contribution >= 4 is 23.2 Å². The molecule has 24 heavy (non-hydrogen) atoms. The molecule has 1 amide bonds. The second-order valence-electron chi connectivity index (χ2n) is 5.57. The topological polar surface area (TPSA) is 105 Å². The first-order valence-corrected chi connectivity index (χ1v) is 7.39. The average Bonchev–Trinajstić information content (AvgIpc) is 3.00. The summed E-state index contributed by atoms with van der Waals surface area (Å²) in [4.78, 5) is 40.3. The van der Waals surface area contributed by atoms with Crippen molar-refractivity contribution in [3.05, 3.63) is 47.5 Å². The van der Waals surface area contributed by atoms with E-state index in [1.165, 1.54) is 16.8 Å². The van der Waals surface area contributed by atoms with Crippen molar-refractivity contribution < 1.29 is 14.4 Å². The SMILES string of the molecule is Cn1ccnc1C(=O)C(C#N)C(=O)c1ccc2c(c1)CCC(=O)N2. The molecular formula is C17H14N4O3. The Morgan fingerprint density at radius 3 is 2.79 bits per heavy atom. The first kappa shape index (κ1) is 15.6. The number of Topliss-reactive ketones (excluding diaryl/α,β-unsaturated/α-hetero) is 2. The third-order valence-electron chi connectivity index (χ3n) is 3.98. The van der Waals surface area contributed by atoms with Crippen molar-refractivity contribution in [3.63, 3.8) is 0 Å². The fourth-order valence-corrected chi connectivity index (χ4v) is 2.67. The van der Waals surface area contributed by atoms with Crippen LogP contribution in [0.4, 0.5) is 5.69 Å². The predicted molar refractivity (Wildman–Crippen MR) is 84.4 cm³/mol. The van der Waals surface area contributed by atoms with Gasteiger partial charge in [0.15, 0.2) is 17.5 Å². The van der Waals surface area contributed by atoms with E-state index in [1.54, 1.807) is 31.4 Å². The van der Waals surface area contributed by atoms with Gasteiger partial charge in [0.25, 0.3) is 0 Å². The van der Waals surface area contributed by atoms with Crippen LogP contribution in [0, 0.1) is 17.2 Å². The molecule has 2 aromatic rings. The molecule has 7 heteroatoms. The van der Waals surface area contributed by atoms with E-state index in [9.17, 15) is 19.6 Å². The average molecular weight is 322 g/mol. The highest BCUT2D eigenvalue weighted by molar-refractivity contribution is 6.17. The van der Waals surface area contributed by atoms with E-state index < -0.39 is 17.5 Å². The number of amides is 1. The molecule has 0 fully saturated rings. The number of nitrogens with one attached hydrogen (secondary N) is 1. The van der Waals surface area contributed by atoms with Gasteiger partial charge in [-0.1, -0.05) is 0 Å². The summed E-state index contributed by atoms with van der Waals surface area (Å²) in [6.45, 7) is 0. The minimum absolute atomic E-state index is 0.0681. The molecule has 0 saturated heterocycles. The molecule has 3 rings (SSSR count). The van der Waals surface area contributed by atoms with E-state index >= 15 is 0 Å². The number of imidazole rings is 1. The molecule has 1 aliphatic rings. The third kappa shape index (κ3) is 2.70. The zero-order chi connectivity index (χ0) is 17.3. The number of hydrogen-bond acceptors (Lipinski definition) is 5. The van der Waals surface area contributed by atoms with Crippen LogP contribution in [0.2, 0.25) is 0 Å². The molecule has 1 aromatic carbocycles. The smallest absolute Gasteiger partial charge is 0.224 e. The summed E-state index contributed by atoms with van der Waals surface area (Å²) in [7, 11) is 1.63. The van der Waals surface area contributed by atoms with Crippen molar-refractivity contribution in [2.75, 3.05) is 5.32 Å². The van der Waals surface area contributed by atoms with Crippen LogP contribution in [0.25, 0.3) is 0 Å². The Balaban J connectivity index is 1.90. The number of nitriles is 1. The van der Waals surface area contributed by atoms with Crippen LogP contribution >= 0.6 is 0 Å². The van der Waals surface area contributed by atoms with E-state index in [0.29, 0.717) is 18.5 Å². The number of carbonyl (C=O) groups is 3. The van der Waals surface area contributed by atoms with Crippen LogP contribution in [-0.4, -0.2) is 27.0 Å². The first-order valence-electron chi connectivity index (χ1n) is 7.39. The van der Waals surface area contributed by atoms with Crippen molar-refractivity contribution in [2.45, 2.75) is 12.8 Å². The number of rotatable bonds is 4. The maximum Gasteiger partial charge on any atom is 0.224 e. The van der Waals surface area contributed by atoms with Crippen LogP contribution in [-0.2, 0) is 18.3 Å². The summed E-state index contributed by atoms with van der Waals surface area (Å²) in [5.74, 6) is -2.63. The fourth-order valence-electron chi connectivity index (χ4n) is 2.67. The predicted octanol–water partition coefficient (Wildman–Crippen LogP) is 1.51. The van der Waals surface area contributed by atoms with Gasteiger partial charge in [-0.25, -0.2) is 4.98 Å². The number of aromatic nitrogens is 2. The van der Waals surface area contributed by atoms with Gasteiger partial charge in [0.05, 0.1) is 6.07 Å². The Morgan fingerprint density at radius 2 is 2.12 bits per heavy atom. The van der Waals surface area contributed by atoms with Gasteiger partial charge in [0.2, 0.25) is 11.7 Å². The molecule has 120 valence electrons. The first-order chi connectivity index (χ1) is 11.5. The number of anilines is 1. The van der Waals surface area contributed by atoms with Gasteiger partial charge in [-0.05, 0) is 30.2 Å². The Morgan fingerprint density at radius 1 is 1.33 bits per heavy atom. The quantitative estimate of drug-likeness (QED) is 0.678. The number of nitrogens with zero attached hydrogens (tertiary/aromatic N) is 3. The van der Waals surface area contributed by atoms with Crippen molar-refractivity contribution in [1.82, 2.24) is 9.55 Å². The van der Waals surface area contributed by atoms with E-state index in [0.717, 1.165) is 5.56 Å². The Bertz CT molecular complexity index is 891. The monoisotopic (exact) mass is 322 g/mol. The highest BCUT2D eigenvalue weighted by Gasteiger charge is 2.31. The third-order valence-corrected chi connectivity index (χ3v) is 3.98. The number of aryl methyl sites for hydroxylation is 2. The summed E-state index contributed by atoms with van der Waals surface area (Å²) >= 11 is 0. The second-order valence-corrected chi connectivity index (χ2v) is 5.57. The normalized spacial score (nSPS) is 14.2. The standard InChI is InChI=1S/C17H14N4O3/c1-21-7-6-19-17(21)16(24)12(9-18)15(23)11-2-4-13-10(8-11)3-5-14(22)20-13/h2,4,6-8,12H,3,5H2,1H3,(H,20,22). The van der Waals surface area contributed by atoms with Gasteiger partial charge >= 0.3 is 0 Å². The number of benzene rings is 1. The van der Waals surface area contributed by atoms with E-state index in [2.05, 4.69) is 10.3 Å².